The van der Waals surface area contributed by atoms with Gasteiger partial charge in [-0.3, -0.25) is 9.97 Å². The number of nitrogens with zero attached hydrogens (tertiary/aromatic N) is 2. The van der Waals surface area contributed by atoms with E-state index >= 15 is 0 Å². The standard InChI is InChI=1S/C20H13N2.BrH.Pt/c1-2-9-18-15(6-1)11-13-22-20(18)17-8-5-7-16(14-17)19-10-3-4-12-21-19;;/h1-13H;1H;/q-1;;+2/p-1. The van der Waals surface area contributed by atoms with Crippen LogP contribution in [0.2, 0.25) is 0 Å². The summed E-state index contributed by atoms with van der Waals surface area (Å²) in [7, 11) is 0. The van der Waals surface area contributed by atoms with Crippen molar-refractivity contribution >= 4 is 24.1 Å². The molecule has 0 fully saturated rings. The third-order valence-electron chi connectivity index (χ3n) is 3.66. The predicted octanol–water partition coefficient (Wildman–Crippen LogP) is 5.61. The summed E-state index contributed by atoms with van der Waals surface area (Å²) in [5.74, 6) is 0. The Kier molecular flexibility index (Phi) is 5.90. The number of rotatable bonds is 2. The van der Waals surface area contributed by atoms with Gasteiger partial charge in [-0.1, -0.05) is 47.5 Å². The molecule has 2 nitrogen and oxygen atoms in total. The molecule has 0 N–H and O–H groups in total. The minimum atomic E-state index is 0.921. The summed E-state index contributed by atoms with van der Waals surface area (Å²) in [4.78, 5) is 8.95. The van der Waals surface area contributed by atoms with Crippen molar-refractivity contribution in [2.24, 2.45) is 0 Å². The van der Waals surface area contributed by atoms with Gasteiger partial charge >= 0.3 is 31.1 Å². The summed E-state index contributed by atoms with van der Waals surface area (Å²) in [6, 6.07) is 25.7. The molecule has 4 rings (SSSR count). The molecular formula is C20H13BrN2Pt. The van der Waals surface area contributed by atoms with Crippen LogP contribution in [0.5, 0.6) is 0 Å². The average molecular weight is 556 g/mol. The molecule has 0 saturated carbocycles. The molecular weight excluding hydrogens is 543 g/mol. The fourth-order valence-corrected chi connectivity index (χ4v) is 2.61. The molecule has 2 aromatic heterocycles. The maximum absolute atomic E-state index is 4.56. The van der Waals surface area contributed by atoms with Gasteiger partial charge in [0.1, 0.15) is 0 Å². The van der Waals surface area contributed by atoms with Crippen LogP contribution in [0.1, 0.15) is 0 Å². The van der Waals surface area contributed by atoms with Gasteiger partial charge in [-0.25, -0.2) is 0 Å². The average Bonchev–Trinajstić information content (AvgIpc) is 2.70. The zero-order valence-corrected chi connectivity index (χ0v) is 16.5. The Morgan fingerprint density at radius 2 is 1.50 bits per heavy atom. The van der Waals surface area contributed by atoms with E-state index in [1.165, 1.54) is 5.39 Å². The van der Waals surface area contributed by atoms with Crippen molar-refractivity contribution in [3.8, 4) is 22.5 Å². The van der Waals surface area contributed by atoms with Crippen molar-refractivity contribution in [3.05, 3.63) is 85.2 Å². The Bertz CT molecular complexity index is 937. The minimum Gasteiger partial charge on any atom is -0.295 e. The molecule has 0 aliphatic carbocycles. The van der Waals surface area contributed by atoms with Crippen LogP contribution in [0, 0.1) is 6.07 Å². The first-order valence-electron chi connectivity index (χ1n) is 7.32. The minimum absolute atomic E-state index is 0.921. The molecule has 4 aromatic rings. The van der Waals surface area contributed by atoms with Gasteiger partial charge in [-0.05, 0) is 22.9 Å². The van der Waals surface area contributed by atoms with Gasteiger partial charge < -0.3 is 0 Å². The normalized spacial score (nSPS) is 10.1. The number of fused-ring (bicyclic) bond motifs is 1. The number of aromatic nitrogens is 2. The Labute approximate surface area is 159 Å². The topological polar surface area (TPSA) is 25.8 Å². The van der Waals surface area contributed by atoms with E-state index in [2.05, 4.69) is 41.5 Å². The van der Waals surface area contributed by atoms with E-state index in [1.807, 2.05) is 78.6 Å². The van der Waals surface area contributed by atoms with Crippen LogP contribution in [-0.4, -0.2) is 9.97 Å². The summed E-state index contributed by atoms with van der Waals surface area (Å²) < 4.78 is 0. The van der Waals surface area contributed by atoms with Crippen molar-refractivity contribution in [1.29, 1.82) is 0 Å². The summed E-state index contributed by atoms with van der Waals surface area (Å²) in [6.45, 7) is 0. The van der Waals surface area contributed by atoms with Gasteiger partial charge in [-0.2, -0.15) is 0 Å². The number of benzene rings is 2. The molecule has 4 heteroatoms. The number of halogens is 1. The molecule has 0 saturated heterocycles. The quantitative estimate of drug-likeness (QED) is 0.301. The fourth-order valence-electron chi connectivity index (χ4n) is 2.61. The van der Waals surface area contributed by atoms with Gasteiger partial charge in [0.2, 0.25) is 0 Å². The predicted molar refractivity (Wildman–Crippen MR) is 98.2 cm³/mol. The van der Waals surface area contributed by atoms with Gasteiger partial charge in [0.05, 0.1) is 0 Å². The summed E-state index contributed by atoms with van der Waals surface area (Å²) in [5.41, 5.74) is 3.84. The van der Waals surface area contributed by atoms with E-state index in [1.54, 1.807) is 6.20 Å². The molecule has 0 bridgehead atoms. The Balaban J connectivity index is 0.000000815. The maximum atomic E-state index is 4.56. The van der Waals surface area contributed by atoms with Crippen LogP contribution in [0.15, 0.2) is 79.1 Å². The zero-order valence-electron chi connectivity index (χ0n) is 12.6. The first kappa shape index (κ1) is 17.0. The van der Waals surface area contributed by atoms with Crippen LogP contribution in [0.3, 0.4) is 0 Å². The fraction of sp³-hybridized carbons (Fsp3) is 0. The monoisotopic (exact) mass is 555 g/mol. The molecule has 120 valence electrons. The third-order valence-corrected chi connectivity index (χ3v) is 3.66. The molecule has 0 aliphatic heterocycles. The number of hydrogen-bond acceptors (Lipinski definition) is 2. The molecule has 2 heterocycles. The Morgan fingerprint density at radius 3 is 2.33 bits per heavy atom. The summed E-state index contributed by atoms with van der Waals surface area (Å²) in [6.07, 6.45) is 3.64. The second-order valence-electron chi connectivity index (χ2n) is 5.07. The van der Waals surface area contributed by atoms with Crippen LogP contribution in [0.4, 0.5) is 0 Å². The molecule has 24 heavy (non-hydrogen) atoms. The molecule has 2 aromatic carbocycles. The van der Waals surface area contributed by atoms with Crippen LogP contribution in [0.25, 0.3) is 33.3 Å². The van der Waals surface area contributed by atoms with E-state index in [9.17, 15) is 0 Å². The van der Waals surface area contributed by atoms with Crippen molar-refractivity contribution in [2.45, 2.75) is 0 Å². The van der Waals surface area contributed by atoms with Crippen LogP contribution >= 0.6 is 13.3 Å². The van der Waals surface area contributed by atoms with Gasteiger partial charge in [0.15, 0.2) is 0 Å². The number of hydrogen-bond donors (Lipinski definition) is 0. The van der Waals surface area contributed by atoms with E-state index in [-0.39, 0.29) is 0 Å². The van der Waals surface area contributed by atoms with E-state index in [4.69, 9.17) is 0 Å². The first-order valence-corrected chi connectivity index (χ1v) is 12.3. The second kappa shape index (κ2) is 8.32. The SMILES string of the molecule is [Br][Pt+].[c-]1c(-c2ccccn2)cccc1-c1nccc2ccccc12. The zero-order chi connectivity index (χ0) is 16.8. The molecule has 0 aliphatic rings. The van der Waals surface area contributed by atoms with Gasteiger partial charge in [-0.15, -0.1) is 24.3 Å². The van der Waals surface area contributed by atoms with Crippen molar-refractivity contribution in [3.63, 3.8) is 0 Å². The molecule has 0 spiro atoms. The Morgan fingerprint density at radius 1 is 0.708 bits per heavy atom. The van der Waals surface area contributed by atoms with E-state index in [0.717, 1.165) is 27.9 Å². The maximum Gasteiger partial charge on any atom is 0.0189 e. The Hall–Kier alpha value is -1.83. The molecule has 0 atom stereocenters. The number of pyridine rings is 2. The van der Waals surface area contributed by atoms with Crippen molar-refractivity contribution in [2.75, 3.05) is 0 Å². The van der Waals surface area contributed by atoms with E-state index in [0.29, 0.717) is 0 Å². The van der Waals surface area contributed by atoms with Crippen LogP contribution in [-0.2, 0) is 17.8 Å². The van der Waals surface area contributed by atoms with Crippen LogP contribution < -0.4 is 0 Å². The molecule has 0 radical (unpaired) electrons. The third kappa shape index (κ3) is 3.63. The van der Waals surface area contributed by atoms with Gasteiger partial charge in [0, 0.05) is 23.8 Å². The van der Waals surface area contributed by atoms with Gasteiger partial charge in [0.25, 0.3) is 0 Å². The van der Waals surface area contributed by atoms with Crippen molar-refractivity contribution in [1.82, 2.24) is 9.97 Å². The van der Waals surface area contributed by atoms with Crippen molar-refractivity contribution < 1.29 is 17.8 Å². The molecule has 0 amide bonds. The first-order chi connectivity index (χ1) is 11.9. The summed E-state index contributed by atoms with van der Waals surface area (Å²) >= 11 is 4.86. The smallest absolute Gasteiger partial charge is 0.0189 e. The molecule has 0 unspecified atom stereocenters. The largest absolute Gasteiger partial charge is 0.295 e. The summed E-state index contributed by atoms with van der Waals surface area (Å²) in [5, 5.41) is 2.32. The second-order valence-corrected chi connectivity index (χ2v) is 5.07. The van der Waals surface area contributed by atoms with E-state index < -0.39 is 0 Å².